The molecule has 6 heteroatoms. The minimum Gasteiger partial charge on any atom is -0.393 e. The number of anilines is 1. The SMILES string of the molecule is CN/C=C(\C=N)c1ccc(Cc2cc3c(c4ncccc24)N(C)CN(C2CCCCC2)C3=O)cc1. The second-order valence-corrected chi connectivity index (χ2v) is 9.64. The zero-order valence-corrected chi connectivity index (χ0v) is 20.6. The van der Waals surface area contributed by atoms with Crippen LogP contribution in [0.2, 0.25) is 0 Å². The van der Waals surface area contributed by atoms with Crippen molar-refractivity contribution < 1.29 is 4.79 Å². The number of fused-ring (bicyclic) bond motifs is 3. The number of rotatable bonds is 6. The standard InChI is InChI=1S/C29H33N5O/c1-31-18-23(17-30)21-12-10-20(11-13-21)15-22-16-26-28(27-25(22)9-6-14-32-27)33(2)19-34(29(26)35)24-7-4-3-5-8-24/h6,9-14,16-18,24,30-31H,3-5,7-8,15,19H2,1-2H3/b23-18+,30-17?. The van der Waals surface area contributed by atoms with E-state index < -0.39 is 0 Å². The van der Waals surface area contributed by atoms with Gasteiger partial charge in [-0.15, -0.1) is 0 Å². The van der Waals surface area contributed by atoms with Gasteiger partial charge in [-0.1, -0.05) is 49.6 Å². The molecule has 1 aromatic heterocycles. The van der Waals surface area contributed by atoms with Gasteiger partial charge in [-0.05, 0) is 48.1 Å². The van der Waals surface area contributed by atoms with Gasteiger partial charge in [0.05, 0.1) is 23.4 Å². The number of allylic oxidation sites excluding steroid dienone is 1. The molecule has 2 aromatic carbocycles. The van der Waals surface area contributed by atoms with Crippen molar-refractivity contribution in [3.05, 3.63) is 77.1 Å². The Morgan fingerprint density at radius 1 is 1.17 bits per heavy atom. The molecule has 0 unspecified atom stereocenters. The topological polar surface area (TPSA) is 72.3 Å². The maximum absolute atomic E-state index is 13.8. The van der Waals surface area contributed by atoms with Gasteiger partial charge in [-0.2, -0.15) is 0 Å². The first-order valence-corrected chi connectivity index (χ1v) is 12.5. The quantitative estimate of drug-likeness (QED) is 0.488. The van der Waals surface area contributed by atoms with Gasteiger partial charge in [0.15, 0.2) is 0 Å². The molecule has 1 aliphatic heterocycles. The van der Waals surface area contributed by atoms with E-state index in [0.717, 1.165) is 57.3 Å². The van der Waals surface area contributed by atoms with Gasteiger partial charge in [0.2, 0.25) is 0 Å². The molecule has 2 N–H and O–H groups in total. The summed E-state index contributed by atoms with van der Waals surface area (Å²) in [5.74, 6) is 0.141. The zero-order valence-electron chi connectivity index (χ0n) is 20.6. The molecule has 0 atom stereocenters. The lowest BCUT2D eigenvalue weighted by molar-refractivity contribution is 0.0620. The van der Waals surface area contributed by atoms with Gasteiger partial charge in [0.1, 0.15) is 0 Å². The molecule has 1 amide bonds. The van der Waals surface area contributed by atoms with Crippen LogP contribution in [0.1, 0.15) is 59.2 Å². The Balaban J connectivity index is 1.53. The van der Waals surface area contributed by atoms with E-state index >= 15 is 0 Å². The van der Waals surface area contributed by atoms with Crippen LogP contribution in [0.15, 0.2) is 54.9 Å². The van der Waals surface area contributed by atoms with Crippen LogP contribution in [-0.2, 0) is 6.42 Å². The normalized spacial score (nSPS) is 17.0. The Morgan fingerprint density at radius 3 is 2.66 bits per heavy atom. The molecule has 35 heavy (non-hydrogen) atoms. The van der Waals surface area contributed by atoms with E-state index in [4.69, 9.17) is 10.4 Å². The number of carbonyl (C=O) groups excluding carboxylic acids is 1. The highest BCUT2D eigenvalue weighted by Gasteiger charge is 2.35. The summed E-state index contributed by atoms with van der Waals surface area (Å²) in [6.45, 7) is 0.623. The molecule has 1 saturated carbocycles. The molecule has 3 aromatic rings. The van der Waals surface area contributed by atoms with Crippen molar-refractivity contribution in [2.24, 2.45) is 0 Å². The van der Waals surface area contributed by atoms with Crippen molar-refractivity contribution in [1.29, 1.82) is 5.41 Å². The second kappa shape index (κ2) is 9.90. The third kappa shape index (κ3) is 4.41. The summed E-state index contributed by atoms with van der Waals surface area (Å²) >= 11 is 0. The molecule has 0 radical (unpaired) electrons. The monoisotopic (exact) mass is 467 g/mol. The number of nitrogens with zero attached hydrogens (tertiary/aromatic N) is 3. The average Bonchev–Trinajstić information content (AvgIpc) is 2.90. The average molecular weight is 468 g/mol. The van der Waals surface area contributed by atoms with Crippen molar-refractivity contribution in [2.75, 3.05) is 25.7 Å². The fraction of sp³-hybridized carbons (Fsp3) is 0.345. The van der Waals surface area contributed by atoms with Crippen LogP contribution in [0.3, 0.4) is 0 Å². The summed E-state index contributed by atoms with van der Waals surface area (Å²) in [4.78, 5) is 22.8. The third-order valence-electron chi connectivity index (χ3n) is 7.34. The Hall–Kier alpha value is -3.67. The number of nitrogens with one attached hydrogen (secondary N) is 2. The lowest BCUT2D eigenvalue weighted by Gasteiger charge is -2.42. The summed E-state index contributed by atoms with van der Waals surface area (Å²) in [5.41, 5.74) is 6.72. The zero-order chi connectivity index (χ0) is 24.4. The second-order valence-electron chi connectivity index (χ2n) is 9.64. The largest absolute Gasteiger partial charge is 0.393 e. The summed E-state index contributed by atoms with van der Waals surface area (Å²) < 4.78 is 0. The first-order valence-electron chi connectivity index (χ1n) is 12.5. The molecule has 2 aliphatic rings. The van der Waals surface area contributed by atoms with Crippen molar-refractivity contribution >= 4 is 34.3 Å². The highest BCUT2D eigenvalue weighted by molar-refractivity contribution is 6.10. The maximum atomic E-state index is 13.8. The predicted octanol–water partition coefficient (Wildman–Crippen LogP) is 5.22. The first kappa shape index (κ1) is 23.1. The van der Waals surface area contributed by atoms with Crippen LogP contribution in [0.5, 0.6) is 0 Å². The molecule has 1 aliphatic carbocycles. The molecular weight excluding hydrogens is 434 g/mol. The van der Waals surface area contributed by atoms with Crippen molar-refractivity contribution in [1.82, 2.24) is 15.2 Å². The molecule has 0 bridgehead atoms. The van der Waals surface area contributed by atoms with Gasteiger partial charge >= 0.3 is 0 Å². The number of carbonyl (C=O) groups is 1. The minimum atomic E-state index is 0.141. The molecule has 180 valence electrons. The van der Waals surface area contributed by atoms with E-state index in [1.54, 1.807) is 0 Å². The summed E-state index contributed by atoms with van der Waals surface area (Å²) in [7, 11) is 3.91. The summed E-state index contributed by atoms with van der Waals surface area (Å²) in [6, 6.07) is 14.8. The Labute approximate surface area is 207 Å². The number of aromatic nitrogens is 1. The van der Waals surface area contributed by atoms with Crippen LogP contribution >= 0.6 is 0 Å². The van der Waals surface area contributed by atoms with E-state index in [9.17, 15) is 4.79 Å². The van der Waals surface area contributed by atoms with Crippen molar-refractivity contribution in [2.45, 2.75) is 44.6 Å². The smallest absolute Gasteiger partial charge is 0.257 e. The van der Waals surface area contributed by atoms with Crippen LogP contribution in [0, 0.1) is 5.41 Å². The van der Waals surface area contributed by atoms with E-state index in [-0.39, 0.29) is 5.91 Å². The van der Waals surface area contributed by atoms with E-state index in [0.29, 0.717) is 19.1 Å². The Bertz CT molecular complexity index is 1270. The van der Waals surface area contributed by atoms with Crippen LogP contribution in [-0.4, -0.2) is 48.8 Å². The minimum absolute atomic E-state index is 0.141. The third-order valence-corrected chi connectivity index (χ3v) is 7.34. The molecule has 2 heterocycles. The van der Waals surface area contributed by atoms with Crippen LogP contribution in [0.4, 0.5) is 5.69 Å². The van der Waals surface area contributed by atoms with E-state index in [1.165, 1.54) is 25.5 Å². The first-order chi connectivity index (χ1) is 17.1. The highest BCUT2D eigenvalue weighted by atomic mass is 16.2. The number of hydrogen-bond acceptors (Lipinski definition) is 5. The molecule has 0 spiro atoms. The molecule has 6 nitrogen and oxygen atoms in total. The summed E-state index contributed by atoms with van der Waals surface area (Å²) in [5, 5.41) is 11.7. The van der Waals surface area contributed by atoms with Crippen LogP contribution in [0.25, 0.3) is 16.5 Å². The lowest BCUT2D eigenvalue weighted by Crippen LogP contribution is -2.50. The Morgan fingerprint density at radius 2 is 1.94 bits per heavy atom. The molecule has 0 saturated heterocycles. The fourth-order valence-electron chi connectivity index (χ4n) is 5.59. The van der Waals surface area contributed by atoms with Gasteiger partial charge in [-0.3, -0.25) is 9.78 Å². The maximum Gasteiger partial charge on any atom is 0.257 e. The molecule has 5 rings (SSSR count). The number of amides is 1. The molecule has 1 fully saturated rings. The fourth-order valence-corrected chi connectivity index (χ4v) is 5.59. The van der Waals surface area contributed by atoms with E-state index in [2.05, 4.69) is 46.4 Å². The lowest BCUT2D eigenvalue weighted by atomic mass is 9.91. The van der Waals surface area contributed by atoms with Crippen LogP contribution < -0.4 is 10.2 Å². The van der Waals surface area contributed by atoms with E-state index in [1.807, 2.05) is 37.6 Å². The van der Waals surface area contributed by atoms with Gasteiger partial charge in [0, 0.05) is 49.7 Å². The summed E-state index contributed by atoms with van der Waals surface area (Å²) in [6.07, 6.45) is 11.6. The number of benzene rings is 2. The van der Waals surface area contributed by atoms with Gasteiger partial charge in [0.25, 0.3) is 5.91 Å². The number of pyridine rings is 1. The number of hydrogen-bond donors (Lipinski definition) is 2. The van der Waals surface area contributed by atoms with Gasteiger partial charge in [-0.25, -0.2) is 0 Å². The highest BCUT2D eigenvalue weighted by Crippen LogP contribution is 2.38. The molecular formula is C29H33N5O. The van der Waals surface area contributed by atoms with Gasteiger partial charge < -0.3 is 20.5 Å². The van der Waals surface area contributed by atoms with Crippen molar-refractivity contribution in [3.8, 4) is 0 Å². The Kier molecular flexibility index (Phi) is 6.53. The van der Waals surface area contributed by atoms with Crippen molar-refractivity contribution in [3.63, 3.8) is 0 Å². The predicted molar refractivity (Wildman–Crippen MR) is 143 cm³/mol.